The van der Waals surface area contributed by atoms with Crippen molar-refractivity contribution in [2.45, 2.75) is 24.8 Å². The molecule has 110 valence electrons. The van der Waals surface area contributed by atoms with Crippen molar-refractivity contribution >= 4 is 11.6 Å². The monoisotopic (exact) mass is 288 g/mol. The summed E-state index contributed by atoms with van der Waals surface area (Å²) in [6.07, 6.45) is 2.88. The van der Waals surface area contributed by atoms with Crippen molar-refractivity contribution in [1.29, 1.82) is 0 Å². The molecule has 0 atom stereocenters. The Morgan fingerprint density at radius 1 is 1.60 bits per heavy atom. The first-order valence-electron chi connectivity index (χ1n) is 6.06. The molecule has 0 spiro atoms. The molecular weight excluding hydrogens is 274 g/mol. The molecule has 9 heteroatoms. The summed E-state index contributed by atoms with van der Waals surface area (Å²) in [5.41, 5.74) is 4.66. The van der Waals surface area contributed by atoms with Crippen LogP contribution in [0.1, 0.15) is 29.4 Å². The van der Waals surface area contributed by atoms with Gasteiger partial charge in [-0.25, -0.2) is 8.78 Å². The van der Waals surface area contributed by atoms with Crippen molar-refractivity contribution in [1.82, 2.24) is 9.88 Å². The van der Waals surface area contributed by atoms with E-state index in [1.54, 1.807) is 0 Å². The number of hydrogen-bond acceptors (Lipinski definition) is 4. The second-order valence-corrected chi connectivity index (χ2v) is 4.72. The Morgan fingerprint density at radius 3 is 2.75 bits per heavy atom. The zero-order valence-corrected chi connectivity index (χ0v) is 10.5. The molecule has 0 bridgehead atoms. The van der Waals surface area contributed by atoms with Crippen molar-refractivity contribution in [2.75, 3.05) is 13.1 Å². The molecule has 3 N–H and O–H groups in total. The average Bonchev–Trinajstić information content (AvgIpc) is 3.14. The predicted molar refractivity (Wildman–Crippen MR) is 65.7 cm³/mol. The molecular formula is C11H14F2N4O3. The van der Waals surface area contributed by atoms with Gasteiger partial charge in [0.25, 0.3) is 17.5 Å². The molecule has 1 aliphatic rings. The summed E-state index contributed by atoms with van der Waals surface area (Å²) in [5.74, 6) is -3.96. The Bertz CT molecular complexity index is 540. The third kappa shape index (κ3) is 3.10. The van der Waals surface area contributed by atoms with Crippen LogP contribution < -0.4 is 11.1 Å². The van der Waals surface area contributed by atoms with E-state index < -0.39 is 29.8 Å². The predicted octanol–water partition coefficient (Wildman–Crippen LogP) is 1.05. The van der Waals surface area contributed by atoms with E-state index in [0.717, 1.165) is 18.9 Å². The molecule has 0 aliphatic heterocycles. The lowest BCUT2D eigenvalue weighted by Crippen LogP contribution is -2.41. The number of nitrogens with two attached hydrogens (primary N) is 1. The molecule has 1 heterocycles. The van der Waals surface area contributed by atoms with Gasteiger partial charge in [-0.15, -0.1) is 0 Å². The standard InChI is InChI=1S/C11H14F2N4O3/c12-11(13,5-14)6-15-10(18)9-3-8(17(19)20)4-16(9)7-1-2-7/h3-4,7H,1-2,5-6,14H2,(H,15,18). The first-order chi connectivity index (χ1) is 9.34. The van der Waals surface area contributed by atoms with Crippen molar-refractivity contribution in [3.05, 3.63) is 28.1 Å². The summed E-state index contributed by atoms with van der Waals surface area (Å²) in [4.78, 5) is 22.0. The van der Waals surface area contributed by atoms with Gasteiger partial charge in [0, 0.05) is 12.1 Å². The molecule has 20 heavy (non-hydrogen) atoms. The van der Waals surface area contributed by atoms with Crippen molar-refractivity contribution in [2.24, 2.45) is 5.73 Å². The highest BCUT2D eigenvalue weighted by Crippen LogP contribution is 2.37. The molecule has 1 saturated carbocycles. The van der Waals surface area contributed by atoms with E-state index in [0.29, 0.717) is 0 Å². The summed E-state index contributed by atoms with van der Waals surface area (Å²) >= 11 is 0. The minimum absolute atomic E-state index is 0.0204. The molecule has 1 aromatic rings. The topological polar surface area (TPSA) is 103 Å². The fourth-order valence-electron chi connectivity index (χ4n) is 1.77. The molecule has 1 aliphatic carbocycles. The number of hydrogen-bond donors (Lipinski definition) is 2. The van der Waals surface area contributed by atoms with Crippen LogP contribution in [0.15, 0.2) is 12.3 Å². The highest BCUT2D eigenvalue weighted by molar-refractivity contribution is 5.93. The molecule has 0 radical (unpaired) electrons. The van der Waals surface area contributed by atoms with Gasteiger partial charge in [-0.2, -0.15) is 0 Å². The summed E-state index contributed by atoms with van der Waals surface area (Å²) in [7, 11) is 0. The molecule has 1 aromatic heterocycles. The Kier molecular flexibility index (Phi) is 3.71. The van der Waals surface area contributed by atoms with Gasteiger partial charge in [-0.05, 0) is 12.8 Å². The third-order valence-corrected chi connectivity index (χ3v) is 3.02. The lowest BCUT2D eigenvalue weighted by atomic mass is 10.3. The number of amides is 1. The van der Waals surface area contributed by atoms with Crippen LogP contribution in [0.2, 0.25) is 0 Å². The van der Waals surface area contributed by atoms with Crippen molar-refractivity contribution in [3.8, 4) is 0 Å². The Morgan fingerprint density at radius 2 is 2.25 bits per heavy atom. The highest BCUT2D eigenvalue weighted by Gasteiger charge is 2.32. The van der Waals surface area contributed by atoms with Gasteiger partial charge in [0.1, 0.15) is 5.69 Å². The first-order valence-corrected chi connectivity index (χ1v) is 6.06. The normalized spacial score (nSPS) is 15.2. The number of nitrogens with zero attached hydrogens (tertiary/aromatic N) is 2. The van der Waals surface area contributed by atoms with Gasteiger partial charge in [0.15, 0.2) is 0 Å². The van der Waals surface area contributed by atoms with Crippen LogP contribution in [-0.2, 0) is 0 Å². The molecule has 0 saturated heterocycles. The smallest absolute Gasteiger partial charge is 0.287 e. The Balaban J connectivity index is 2.14. The van der Waals surface area contributed by atoms with E-state index >= 15 is 0 Å². The summed E-state index contributed by atoms with van der Waals surface area (Å²) in [5, 5.41) is 12.8. The second-order valence-electron chi connectivity index (χ2n) is 4.72. The van der Waals surface area contributed by atoms with Gasteiger partial charge in [0.05, 0.1) is 24.2 Å². The SMILES string of the molecule is NCC(F)(F)CNC(=O)c1cc([N+](=O)[O-])cn1C1CC1. The minimum atomic E-state index is -3.20. The minimum Gasteiger partial charge on any atom is -0.345 e. The van der Waals surface area contributed by atoms with E-state index in [9.17, 15) is 23.7 Å². The molecule has 1 fully saturated rings. The first kappa shape index (κ1) is 14.4. The van der Waals surface area contributed by atoms with E-state index in [4.69, 9.17) is 5.73 Å². The maximum Gasteiger partial charge on any atom is 0.287 e. The van der Waals surface area contributed by atoms with Gasteiger partial charge >= 0.3 is 0 Å². The summed E-state index contributed by atoms with van der Waals surface area (Å²) < 4.78 is 27.4. The van der Waals surface area contributed by atoms with Crippen LogP contribution >= 0.6 is 0 Å². The van der Waals surface area contributed by atoms with Gasteiger partial charge in [-0.1, -0.05) is 0 Å². The van der Waals surface area contributed by atoms with E-state index in [1.807, 2.05) is 0 Å². The fourth-order valence-corrected chi connectivity index (χ4v) is 1.77. The number of carbonyl (C=O) groups is 1. The van der Waals surface area contributed by atoms with Crippen LogP contribution in [0.25, 0.3) is 0 Å². The quantitative estimate of drug-likeness (QED) is 0.603. The maximum absolute atomic E-state index is 13.0. The van der Waals surface area contributed by atoms with Crippen LogP contribution in [0.5, 0.6) is 0 Å². The maximum atomic E-state index is 13.0. The molecule has 2 rings (SSSR count). The Hall–Kier alpha value is -2.03. The number of nitrogens with one attached hydrogen (secondary N) is 1. The highest BCUT2D eigenvalue weighted by atomic mass is 19.3. The van der Waals surface area contributed by atoms with Crippen LogP contribution in [-0.4, -0.2) is 34.4 Å². The molecule has 0 unspecified atom stereocenters. The molecule has 1 amide bonds. The van der Waals surface area contributed by atoms with Gasteiger partial charge in [-0.3, -0.25) is 14.9 Å². The zero-order chi connectivity index (χ0) is 14.9. The summed E-state index contributed by atoms with van der Waals surface area (Å²) in [6, 6.07) is 1.12. The number of alkyl halides is 2. The Labute approximate surface area is 112 Å². The van der Waals surface area contributed by atoms with Gasteiger partial charge in [0.2, 0.25) is 0 Å². The summed E-state index contributed by atoms with van der Waals surface area (Å²) in [6.45, 7) is -1.77. The van der Waals surface area contributed by atoms with Crippen LogP contribution in [0.3, 0.4) is 0 Å². The number of rotatable bonds is 6. The number of nitro groups is 1. The largest absolute Gasteiger partial charge is 0.345 e. The number of aromatic nitrogens is 1. The van der Waals surface area contributed by atoms with Crippen LogP contribution in [0.4, 0.5) is 14.5 Å². The average molecular weight is 288 g/mol. The van der Waals surface area contributed by atoms with Gasteiger partial charge < -0.3 is 15.6 Å². The van der Waals surface area contributed by atoms with Crippen molar-refractivity contribution in [3.63, 3.8) is 0 Å². The van der Waals surface area contributed by atoms with Crippen LogP contribution in [0, 0.1) is 10.1 Å². The molecule has 0 aromatic carbocycles. The number of halogens is 2. The van der Waals surface area contributed by atoms with E-state index in [2.05, 4.69) is 5.32 Å². The lowest BCUT2D eigenvalue weighted by Gasteiger charge is -2.15. The molecule has 7 nitrogen and oxygen atoms in total. The number of carbonyl (C=O) groups excluding carboxylic acids is 1. The third-order valence-electron chi connectivity index (χ3n) is 3.02. The second kappa shape index (κ2) is 5.16. The van der Waals surface area contributed by atoms with E-state index in [-0.39, 0.29) is 17.4 Å². The van der Waals surface area contributed by atoms with Crippen molar-refractivity contribution < 1.29 is 18.5 Å². The lowest BCUT2D eigenvalue weighted by molar-refractivity contribution is -0.384. The fraction of sp³-hybridized carbons (Fsp3) is 0.545. The zero-order valence-electron chi connectivity index (χ0n) is 10.5. The van der Waals surface area contributed by atoms with E-state index in [1.165, 1.54) is 10.8 Å².